The lowest BCUT2D eigenvalue weighted by atomic mass is 9.99. The topological polar surface area (TPSA) is 119 Å². The largest absolute Gasteiger partial charge is 0.395 e. The minimum absolute atomic E-state index is 0.0154. The average Bonchev–Trinajstić information content (AvgIpc) is 2.43. The summed E-state index contributed by atoms with van der Waals surface area (Å²) in [5.74, 6) is 0.386. The fraction of sp³-hybridized carbons (Fsp3) is 0.600. The molecule has 0 amide bonds. The van der Waals surface area contributed by atoms with Crippen LogP contribution in [0.15, 0.2) is 0 Å². The van der Waals surface area contributed by atoms with Crippen LogP contribution in [0.2, 0.25) is 0 Å². The van der Waals surface area contributed by atoms with E-state index in [4.69, 9.17) is 11.5 Å². The summed E-state index contributed by atoms with van der Waals surface area (Å²) in [5.41, 5.74) is 13.8. The predicted molar refractivity (Wildman–Crippen MR) is 93.4 cm³/mol. The van der Waals surface area contributed by atoms with E-state index in [1.807, 2.05) is 6.92 Å². The van der Waals surface area contributed by atoms with Crippen molar-refractivity contribution in [3.8, 4) is 0 Å². The highest BCUT2D eigenvalue weighted by Crippen LogP contribution is 2.44. The lowest BCUT2D eigenvalue weighted by Crippen LogP contribution is -2.26. The van der Waals surface area contributed by atoms with E-state index in [2.05, 4.69) is 31.4 Å². The average molecular weight is 309 g/mol. The van der Waals surface area contributed by atoms with Gasteiger partial charge in [0.2, 0.25) is 0 Å². The molecule has 0 unspecified atom stereocenters. The second-order valence-electron chi connectivity index (χ2n) is 5.74. The maximum absolute atomic E-state index is 11.3. The van der Waals surface area contributed by atoms with Gasteiger partial charge in [-0.2, -0.15) is 0 Å². The quantitative estimate of drug-likeness (QED) is 0.348. The Morgan fingerprint density at radius 3 is 2.18 bits per heavy atom. The van der Waals surface area contributed by atoms with E-state index in [0.717, 1.165) is 6.42 Å². The van der Waals surface area contributed by atoms with Crippen molar-refractivity contribution in [3.05, 3.63) is 15.7 Å². The number of nitro groups is 1. The molecule has 0 aliphatic carbocycles. The lowest BCUT2D eigenvalue weighted by molar-refractivity contribution is -0.384. The predicted octanol–water partition coefficient (Wildman–Crippen LogP) is 3.35. The van der Waals surface area contributed by atoms with Gasteiger partial charge in [0.05, 0.1) is 27.5 Å². The maximum atomic E-state index is 11.3. The van der Waals surface area contributed by atoms with E-state index < -0.39 is 4.92 Å². The number of benzene rings is 1. The molecular weight excluding hydrogens is 282 g/mol. The molecule has 0 bridgehead atoms. The van der Waals surface area contributed by atoms with Crippen LogP contribution in [0.4, 0.5) is 28.4 Å². The molecule has 0 saturated heterocycles. The minimum atomic E-state index is -0.474. The third kappa shape index (κ3) is 3.35. The Morgan fingerprint density at radius 1 is 1.18 bits per heavy atom. The number of nitrogen functional groups attached to an aromatic ring is 2. The molecule has 0 aliphatic rings. The number of anilines is 4. The van der Waals surface area contributed by atoms with Crippen molar-refractivity contribution in [1.29, 1.82) is 0 Å². The zero-order chi connectivity index (χ0) is 17.0. The number of rotatable bonds is 7. The summed E-state index contributed by atoms with van der Waals surface area (Å²) in [6.07, 6.45) is 0.904. The number of hydrogen-bond donors (Lipinski definition) is 4. The second kappa shape index (κ2) is 7.20. The minimum Gasteiger partial charge on any atom is -0.395 e. The molecule has 1 aromatic rings. The van der Waals surface area contributed by atoms with Crippen LogP contribution in [0.3, 0.4) is 0 Å². The highest BCUT2D eigenvalue weighted by atomic mass is 16.6. The third-order valence-electron chi connectivity index (χ3n) is 3.91. The Morgan fingerprint density at radius 2 is 1.77 bits per heavy atom. The Hall–Kier alpha value is -2.18. The number of nitrogens with one attached hydrogen (secondary N) is 2. The monoisotopic (exact) mass is 309 g/mol. The number of hydrogen-bond acceptors (Lipinski definition) is 6. The fourth-order valence-corrected chi connectivity index (χ4v) is 2.61. The normalized spacial score (nSPS) is 12.3. The lowest BCUT2D eigenvalue weighted by Gasteiger charge is -2.26. The van der Waals surface area contributed by atoms with E-state index in [0.29, 0.717) is 29.4 Å². The number of nitrogens with zero attached hydrogens (tertiary/aromatic N) is 1. The second-order valence-corrected chi connectivity index (χ2v) is 5.74. The molecule has 1 aromatic carbocycles. The summed E-state index contributed by atoms with van der Waals surface area (Å²) in [6.45, 7) is 10.6. The first-order valence-corrected chi connectivity index (χ1v) is 7.62. The van der Waals surface area contributed by atoms with Crippen molar-refractivity contribution in [2.24, 2.45) is 5.92 Å². The Kier molecular flexibility index (Phi) is 5.84. The summed E-state index contributed by atoms with van der Waals surface area (Å²) in [4.78, 5) is 10.9. The van der Waals surface area contributed by atoms with Crippen molar-refractivity contribution in [1.82, 2.24) is 0 Å². The summed E-state index contributed by atoms with van der Waals surface area (Å²) in [7, 11) is 0. The maximum Gasteiger partial charge on any atom is 0.299 e. The van der Waals surface area contributed by atoms with Crippen LogP contribution in [-0.2, 0) is 0 Å². The SMILES string of the molecule is CCNc1c(N)c(N)c([N+](=O)[O-])c(C)c1N[C@H](CC)C(C)C. The van der Waals surface area contributed by atoms with E-state index >= 15 is 0 Å². The van der Waals surface area contributed by atoms with Gasteiger partial charge in [0.1, 0.15) is 5.69 Å². The molecule has 0 heterocycles. The molecule has 0 aromatic heterocycles. The van der Waals surface area contributed by atoms with Gasteiger partial charge in [-0.3, -0.25) is 10.1 Å². The van der Waals surface area contributed by atoms with Gasteiger partial charge in [0, 0.05) is 12.6 Å². The molecule has 124 valence electrons. The van der Waals surface area contributed by atoms with Crippen LogP contribution in [0.25, 0.3) is 0 Å². The number of nitrogens with two attached hydrogens (primary N) is 2. The molecule has 0 radical (unpaired) electrons. The van der Waals surface area contributed by atoms with Gasteiger partial charge >= 0.3 is 0 Å². The van der Waals surface area contributed by atoms with Crippen molar-refractivity contribution in [2.75, 3.05) is 28.6 Å². The van der Waals surface area contributed by atoms with Crippen molar-refractivity contribution in [2.45, 2.75) is 47.1 Å². The van der Waals surface area contributed by atoms with Crippen LogP contribution >= 0.6 is 0 Å². The van der Waals surface area contributed by atoms with Crippen LogP contribution in [0.5, 0.6) is 0 Å². The van der Waals surface area contributed by atoms with Crippen LogP contribution in [0, 0.1) is 23.0 Å². The molecule has 0 aliphatic heterocycles. The van der Waals surface area contributed by atoms with Crippen molar-refractivity contribution in [3.63, 3.8) is 0 Å². The van der Waals surface area contributed by atoms with Crippen LogP contribution < -0.4 is 22.1 Å². The molecule has 6 N–H and O–H groups in total. The van der Waals surface area contributed by atoms with Gasteiger partial charge in [0.15, 0.2) is 0 Å². The smallest absolute Gasteiger partial charge is 0.299 e. The molecule has 7 nitrogen and oxygen atoms in total. The van der Waals surface area contributed by atoms with E-state index in [-0.39, 0.29) is 23.1 Å². The third-order valence-corrected chi connectivity index (χ3v) is 3.91. The van der Waals surface area contributed by atoms with Crippen LogP contribution in [-0.4, -0.2) is 17.5 Å². The summed E-state index contributed by atoms with van der Waals surface area (Å²) in [6, 6.07) is 0.193. The van der Waals surface area contributed by atoms with Gasteiger partial charge in [-0.25, -0.2) is 0 Å². The fourth-order valence-electron chi connectivity index (χ4n) is 2.61. The van der Waals surface area contributed by atoms with Crippen molar-refractivity contribution >= 4 is 28.4 Å². The molecular formula is C15H27N5O2. The highest BCUT2D eigenvalue weighted by molar-refractivity contribution is 5.96. The van der Waals surface area contributed by atoms with Crippen LogP contribution in [0.1, 0.15) is 39.7 Å². The molecule has 7 heteroatoms. The zero-order valence-electron chi connectivity index (χ0n) is 14.0. The van der Waals surface area contributed by atoms with Gasteiger partial charge in [0.25, 0.3) is 5.69 Å². The summed E-state index contributed by atoms with van der Waals surface area (Å²) >= 11 is 0. The molecule has 0 fully saturated rings. The first kappa shape index (κ1) is 17.9. The Balaban J connectivity index is 3.54. The zero-order valence-corrected chi connectivity index (χ0v) is 14.0. The van der Waals surface area contributed by atoms with E-state index in [9.17, 15) is 10.1 Å². The standard InChI is InChI=1S/C15H27N5O2/c1-6-10(8(3)4)19-13-9(5)15(20(21)22)12(17)11(16)14(13)18-7-2/h8,10,18-19H,6-7,16-17H2,1-5H3/t10-/m1/s1. The number of nitro benzene ring substituents is 1. The Labute approximate surface area is 131 Å². The van der Waals surface area contributed by atoms with E-state index in [1.165, 1.54) is 0 Å². The molecule has 1 atom stereocenters. The van der Waals surface area contributed by atoms with Gasteiger partial charge in [-0.15, -0.1) is 0 Å². The van der Waals surface area contributed by atoms with Crippen molar-refractivity contribution < 1.29 is 4.92 Å². The Bertz CT molecular complexity index is 558. The van der Waals surface area contributed by atoms with Gasteiger partial charge < -0.3 is 22.1 Å². The molecule has 0 spiro atoms. The molecule has 22 heavy (non-hydrogen) atoms. The van der Waals surface area contributed by atoms with Gasteiger partial charge in [-0.05, 0) is 26.2 Å². The molecule has 0 saturated carbocycles. The molecule has 1 rings (SSSR count). The summed E-state index contributed by atoms with van der Waals surface area (Å²) in [5, 5.41) is 17.9. The van der Waals surface area contributed by atoms with E-state index in [1.54, 1.807) is 6.92 Å². The first-order valence-electron chi connectivity index (χ1n) is 7.62. The highest BCUT2D eigenvalue weighted by Gasteiger charge is 2.27. The first-order chi connectivity index (χ1) is 10.3. The summed E-state index contributed by atoms with van der Waals surface area (Å²) < 4.78 is 0. The van der Waals surface area contributed by atoms with Gasteiger partial charge in [-0.1, -0.05) is 20.8 Å².